The van der Waals surface area contributed by atoms with Crippen LogP contribution in [0, 0.1) is 13.8 Å². The van der Waals surface area contributed by atoms with Crippen molar-refractivity contribution in [3.05, 3.63) is 59.0 Å². The molecule has 2 aromatic rings. The Morgan fingerprint density at radius 2 is 2.04 bits per heavy atom. The number of hydrogen-bond acceptors (Lipinski definition) is 2. The minimum atomic E-state index is 0.00125. The van der Waals surface area contributed by atoms with Crippen LogP contribution in [-0.2, 0) is 0 Å². The van der Waals surface area contributed by atoms with E-state index in [0.29, 0.717) is 6.54 Å². The molecule has 0 radical (unpaired) electrons. The molecular weight excluding hydrogens is 288 g/mol. The van der Waals surface area contributed by atoms with Gasteiger partial charge in [0.25, 0.3) is 5.91 Å². The van der Waals surface area contributed by atoms with Gasteiger partial charge in [0.15, 0.2) is 11.8 Å². The molecule has 0 bridgehead atoms. The van der Waals surface area contributed by atoms with E-state index in [9.17, 15) is 4.79 Å². The van der Waals surface area contributed by atoms with Gasteiger partial charge in [-0.25, -0.2) is 0 Å². The molecule has 2 heterocycles. The summed E-state index contributed by atoms with van der Waals surface area (Å²) >= 11 is 0. The average Bonchev–Trinajstić information content (AvgIpc) is 3.23. The second-order valence-corrected chi connectivity index (χ2v) is 6.46. The van der Waals surface area contributed by atoms with Crippen LogP contribution < -0.4 is 10.2 Å². The first-order valence-corrected chi connectivity index (χ1v) is 8.38. The molecule has 4 heteroatoms. The van der Waals surface area contributed by atoms with Gasteiger partial charge in [0.05, 0.1) is 25.9 Å². The van der Waals surface area contributed by atoms with E-state index in [2.05, 4.69) is 5.32 Å². The Morgan fingerprint density at radius 1 is 1.26 bits per heavy atom. The van der Waals surface area contributed by atoms with Crippen LogP contribution in [0.25, 0.3) is 0 Å². The second-order valence-electron chi connectivity index (χ2n) is 6.46. The third-order valence-electron chi connectivity index (χ3n) is 4.73. The summed E-state index contributed by atoms with van der Waals surface area (Å²) in [5.74, 6) is 0.963. The summed E-state index contributed by atoms with van der Waals surface area (Å²) in [6.07, 6.45) is 4.21. The van der Waals surface area contributed by atoms with Crippen molar-refractivity contribution in [3.63, 3.8) is 0 Å². The molecule has 3 rings (SSSR count). The van der Waals surface area contributed by atoms with Gasteiger partial charge in [-0.05, 0) is 37.6 Å². The first-order valence-electron chi connectivity index (χ1n) is 8.38. The molecule has 4 nitrogen and oxygen atoms in total. The molecule has 23 heavy (non-hydrogen) atoms. The van der Waals surface area contributed by atoms with Crippen LogP contribution in [-0.4, -0.2) is 25.5 Å². The van der Waals surface area contributed by atoms with Crippen LogP contribution in [0.1, 0.15) is 46.1 Å². The number of hydrogen-bond donors (Lipinski definition) is 2. The highest BCUT2D eigenvalue weighted by atomic mass is 16.3. The molecule has 1 fully saturated rings. The molecule has 0 aliphatic carbocycles. The SMILES string of the molecule is Cc1ccc(C)c(C(=O)NC[C@H](c2ccco2)[NH+]2CCCC2)c1. The third kappa shape index (κ3) is 3.64. The van der Waals surface area contributed by atoms with E-state index in [4.69, 9.17) is 4.42 Å². The average molecular weight is 313 g/mol. The van der Waals surface area contributed by atoms with Gasteiger partial charge in [-0.3, -0.25) is 4.79 Å². The number of quaternary nitrogens is 1. The summed E-state index contributed by atoms with van der Waals surface area (Å²) in [5.41, 5.74) is 2.88. The summed E-state index contributed by atoms with van der Waals surface area (Å²) in [5, 5.41) is 3.11. The van der Waals surface area contributed by atoms with Gasteiger partial charge in [-0.2, -0.15) is 0 Å². The summed E-state index contributed by atoms with van der Waals surface area (Å²) in [4.78, 5) is 14.1. The fourth-order valence-electron chi connectivity index (χ4n) is 3.38. The number of furan rings is 1. The van der Waals surface area contributed by atoms with Crippen molar-refractivity contribution in [1.82, 2.24) is 5.32 Å². The highest BCUT2D eigenvalue weighted by Crippen LogP contribution is 2.13. The fraction of sp³-hybridized carbons (Fsp3) is 0.421. The highest BCUT2D eigenvalue weighted by molar-refractivity contribution is 5.95. The predicted molar refractivity (Wildman–Crippen MR) is 89.6 cm³/mol. The van der Waals surface area contributed by atoms with E-state index < -0.39 is 0 Å². The fourth-order valence-corrected chi connectivity index (χ4v) is 3.38. The number of carbonyl (C=O) groups excluding carboxylic acids is 1. The zero-order valence-corrected chi connectivity index (χ0v) is 13.9. The van der Waals surface area contributed by atoms with Crippen molar-refractivity contribution in [1.29, 1.82) is 0 Å². The highest BCUT2D eigenvalue weighted by Gasteiger charge is 2.29. The number of rotatable bonds is 5. The van der Waals surface area contributed by atoms with Crippen molar-refractivity contribution in [2.24, 2.45) is 0 Å². The Balaban J connectivity index is 1.71. The van der Waals surface area contributed by atoms with E-state index in [1.54, 1.807) is 6.26 Å². The first kappa shape index (κ1) is 15.8. The Kier molecular flexibility index (Phi) is 4.82. The normalized spacial score (nSPS) is 16.4. The molecule has 1 aliphatic heterocycles. The first-order chi connectivity index (χ1) is 11.1. The lowest BCUT2D eigenvalue weighted by atomic mass is 10.0. The number of aryl methyl sites for hydroxylation is 2. The van der Waals surface area contributed by atoms with Gasteiger partial charge in [0.1, 0.15) is 0 Å². The molecule has 0 unspecified atom stereocenters. The second kappa shape index (κ2) is 7.01. The van der Waals surface area contributed by atoms with Crippen LogP contribution >= 0.6 is 0 Å². The zero-order valence-electron chi connectivity index (χ0n) is 13.9. The van der Waals surface area contributed by atoms with E-state index in [1.807, 2.05) is 44.2 Å². The topological polar surface area (TPSA) is 46.7 Å². The Morgan fingerprint density at radius 3 is 2.74 bits per heavy atom. The molecule has 0 spiro atoms. The molecule has 1 atom stereocenters. The molecule has 1 amide bonds. The van der Waals surface area contributed by atoms with Gasteiger partial charge in [-0.15, -0.1) is 0 Å². The molecule has 122 valence electrons. The lowest BCUT2D eigenvalue weighted by molar-refractivity contribution is -0.919. The number of likely N-dealkylation sites (tertiary alicyclic amines) is 1. The number of carbonyl (C=O) groups is 1. The lowest BCUT2D eigenvalue weighted by Gasteiger charge is -2.23. The summed E-state index contributed by atoms with van der Waals surface area (Å²) in [7, 11) is 0. The van der Waals surface area contributed by atoms with Gasteiger partial charge >= 0.3 is 0 Å². The van der Waals surface area contributed by atoms with Crippen molar-refractivity contribution >= 4 is 5.91 Å². The minimum absolute atomic E-state index is 0.00125. The quantitative estimate of drug-likeness (QED) is 0.887. The summed E-state index contributed by atoms with van der Waals surface area (Å²) in [6, 6.07) is 10.1. The van der Waals surface area contributed by atoms with Crippen molar-refractivity contribution < 1.29 is 14.1 Å². The predicted octanol–water partition coefficient (Wildman–Crippen LogP) is 2.05. The summed E-state index contributed by atoms with van der Waals surface area (Å²) in [6.45, 7) is 6.88. The van der Waals surface area contributed by atoms with Crippen LogP contribution in [0.3, 0.4) is 0 Å². The van der Waals surface area contributed by atoms with Crippen molar-refractivity contribution in [2.45, 2.75) is 32.7 Å². The Hall–Kier alpha value is -2.07. The summed E-state index contributed by atoms with van der Waals surface area (Å²) < 4.78 is 5.62. The maximum absolute atomic E-state index is 12.6. The van der Waals surface area contributed by atoms with Gasteiger partial charge in [-0.1, -0.05) is 17.7 Å². The van der Waals surface area contributed by atoms with Gasteiger partial charge in [0, 0.05) is 18.4 Å². The molecule has 1 aromatic heterocycles. The molecule has 1 saturated heterocycles. The molecular formula is C19H25N2O2+. The lowest BCUT2D eigenvalue weighted by Crippen LogP contribution is -3.11. The number of amides is 1. The standard InChI is InChI=1S/C19H24N2O2/c1-14-7-8-15(2)16(12-14)19(22)20-13-17(18-6-5-11-23-18)21-9-3-4-10-21/h5-8,11-12,17H,3-4,9-10,13H2,1-2H3,(H,20,22)/p+1/t17-/m1/s1. The molecule has 2 N–H and O–H groups in total. The Bertz CT molecular complexity index is 658. The van der Waals surface area contributed by atoms with Crippen LogP contribution in [0.5, 0.6) is 0 Å². The third-order valence-corrected chi connectivity index (χ3v) is 4.73. The van der Waals surface area contributed by atoms with Crippen molar-refractivity contribution in [3.8, 4) is 0 Å². The van der Waals surface area contributed by atoms with E-state index in [-0.39, 0.29) is 11.9 Å². The van der Waals surface area contributed by atoms with E-state index in [0.717, 1.165) is 35.5 Å². The monoisotopic (exact) mass is 313 g/mol. The molecule has 1 aliphatic rings. The minimum Gasteiger partial charge on any atom is -0.463 e. The van der Waals surface area contributed by atoms with Crippen LogP contribution in [0.2, 0.25) is 0 Å². The zero-order chi connectivity index (χ0) is 16.2. The van der Waals surface area contributed by atoms with Crippen LogP contribution in [0.15, 0.2) is 41.0 Å². The maximum atomic E-state index is 12.6. The Labute approximate surface area is 137 Å². The van der Waals surface area contributed by atoms with Crippen molar-refractivity contribution in [2.75, 3.05) is 19.6 Å². The molecule has 0 saturated carbocycles. The van der Waals surface area contributed by atoms with E-state index >= 15 is 0 Å². The molecule has 1 aromatic carbocycles. The smallest absolute Gasteiger partial charge is 0.251 e. The van der Waals surface area contributed by atoms with Crippen LogP contribution in [0.4, 0.5) is 0 Å². The maximum Gasteiger partial charge on any atom is 0.251 e. The largest absolute Gasteiger partial charge is 0.463 e. The van der Waals surface area contributed by atoms with Gasteiger partial charge < -0.3 is 14.6 Å². The number of benzene rings is 1. The van der Waals surface area contributed by atoms with Gasteiger partial charge in [0.2, 0.25) is 0 Å². The van der Waals surface area contributed by atoms with E-state index in [1.165, 1.54) is 17.7 Å². The number of nitrogens with one attached hydrogen (secondary N) is 2.